The second-order valence-corrected chi connectivity index (χ2v) is 4.94. The molecule has 0 atom stereocenters. The Morgan fingerprint density at radius 1 is 1.40 bits per heavy atom. The van der Waals surface area contributed by atoms with Gasteiger partial charge in [0.15, 0.2) is 0 Å². The first-order valence-electron chi connectivity index (χ1n) is 4.88. The molecule has 0 aliphatic carbocycles. The van der Waals surface area contributed by atoms with Crippen LogP contribution in [-0.2, 0) is 11.4 Å². The van der Waals surface area contributed by atoms with Crippen molar-refractivity contribution in [2.75, 3.05) is 0 Å². The largest absolute Gasteiger partial charge is 0.391 e. The lowest BCUT2D eigenvalue weighted by molar-refractivity contribution is 0.129. The highest BCUT2D eigenvalue weighted by Crippen LogP contribution is 2.12. The maximum absolute atomic E-state index is 5.84. The SMILES string of the molecule is CC(C)(C)C=NOCc1cccc(Cl)c1. The van der Waals surface area contributed by atoms with E-state index in [-0.39, 0.29) is 5.41 Å². The van der Waals surface area contributed by atoms with Crippen LogP contribution in [0.3, 0.4) is 0 Å². The van der Waals surface area contributed by atoms with Crippen LogP contribution < -0.4 is 0 Å². The van der Waals surface area contributed by atoms with E-state index in [0.717, 1.165) is 10.6 Å². The van der Waals surface area contributed by atoms with Gasteiger partial charge in [-0.1, -0.05) is 49.7 Å². The van der Waals surface area contributed by atoms with Crippen LogP contribution in [0.25, 0.3) is 0 Å². The van der Waals surface area contributed by atoms with Crippen molar-refractivity contribution in [2.24, 2.45) is 10.6 Å². The topological polar surface area (TPSA) is 21.6 Å². The number of halogens is 1. The van der Waals surface area contributed by atoms with Crippen LogP contribution >= 0.6 is 11.6 Å². The molecule has 0 saturated carbocycles. The third-order valence-corrected chi connectivity index (χ3v) is 1.87. The van der Waals surface area contributed by atoms with E-state index in [9.17, 15) is 0 Å². The van der Waals surface area contributed by atoms with Crippen molar-refractivity contribution in [1.82, 2.24) is 0 Å². The standard InChI is InChI=1S/C12H16ClNO/c1-12(2,3)9-14-15-8-10-5-4-6-11(13)7-10/h4-7,9H,8H2,1-3H3. The summed E-state index contributed by atoms with van der Waals surface area (Å²) in [5.41, 5.74) is 1.07. The maximum Gasteiger partial charge on any atom is 0.142 e. The predicted molar refractivity (Wildman–Crippen MR) is 64.2 cm³/mol. The first-order chi connectivity index (χ1) is 6.97. The van der Waals surface area contributed by atoms with Crippen molar-refractivity contribution >= 4 is 17.8 Å². The van der Waals surface area contributed by atoms with Crippen LogP contribution in [0.1, 0.15) is 26.3 Å². The Balaban J connectivity index is 2.42. The van der Waals surface area contributed by atoms with Gasteiger partial charge in [-0.3, -0.25) is 0 Å². The van der Waals surface area contributed by atoms with Gasteiger partial charge in [-0.15, -0.1) is 0 Å². The fourth-order valence-electron chi connectivity index (χ4n) is 0.934. The normalized spacial score (nSPS) is 12.0. The Bertz CT molecular complexity index is 342. The van der Waals surface area contributed by atoms with Crippen molar-refractivity contribution < 1.29 is 4.84 Å². The third kappa shape index (κ3) is 5.43. The summed E-state index contributed by atoms with van der Waals surface area (Å²) in [6.07, 6.45) is 1.79. The molecule has 0 aliphatic heterocycles. The summed E-state index contributed by atoms with van der Waals surface area (Å²) in [7, 11) is 0. The molecule has 0 saturated heterocycles. The minimum Gasteiger partial charge on any atom is -0.391 e. The zero-order valence-electron chi connectivity index (χ0n) is 9.33. The van der Waals surface area contributed by atoms with Crippen molar-refractivity contribution in [1.29, 1.82) is 0 Å². The predicted octanol–water partition coefficient (Wildman–Crippen LogP) is 3.89. The van der Waals surface area contributed by atoms with E-state index in [2.05, 4.69) is 25.9 Å². The molecular weight excluding hydrogens is 210 g/mol. The van der Waals surface area contributed by atoms with E-state index in [1.54, 1.807) is 6.21 Å². The first kappa shape index (κ1) is 12.1. The molecule has 2 nitrogen and oxygen atoms in total. The van der Waals surface area contributed by atoms with Gasteiger partial charge in [0, 0.05) is 16.7 Å². The van der Waals surface area contributed by atoms with E-state index in [0.29, 0.717) is 6.61 Å². The van der Waals surface area contributed by atoms with Gasteiger partial charge in [0.2, 0.25) is 0 Å². The van der Waals surface area contributed by atoms with Crippen molar-refractivity contribution in [3.8, 4) is 0 Å². The Morgan fingerprint density at radius 3 is 2.73 bits per heavy atom. The Kier molecular flexibility index (Phi) is 4.15. The van der Waals surface area contributed by atoms with Gasteiger partial charge >= 0.3 is 0 Å². The van der Waals surface area contributed by atoms with Gasteiger partial charge < -0.3 is 4.84 Å². The number of hydrogen-bond acceptors (Lipinski definition) is 2. The minimum absolute atomic E-state index is 0.0499. The molecular formula is C12H16ClNO. The van der Waals surface area contributed by atoms with E-state index in [1.165, 1.54) is 0 Å². The van der Waals surface area contributed by atoms with Gasteiger partial charge in [0.25, 0.3) is 0 Å². The van der Waals surface area contributed by atoms with Gasteiger partial charge in [0.05, 0.1) is 0 Å². The van der Waals surface area contributed by atoms with Gasteiger partial charge in [-0.2, -0.15) is 0 Å². The van der Waals surface area contributed by atoms with Gasteiger partial charge in [0.1, 0.15) is 6.61 Å². The molecule has 0 spiro atoms. The molecule has 0 unspecified atom stereocenters. The number of hydrogen-bond donors (Lipinski definition) is 0. The van der Waals surface area contributed by atoms with Crippen LogP contribution in [0.4, 0.5) is 0 Å². The summed E-state index contributed by atoms with van der Waals surface area (Å²) < 4.78 is 0. The van der Waals surface area contributed by atoms with E-state index in [4.69, 9.17) is 16.4 Å². The Labute approximate surface area is 95.9 Å². The van der Waals surface area contributed by atoms with Crippen LogP contribution in [-0.4, -0.2) is 6.21 Å². The lowest BCUT2D eigenvalue weighted by Gasteiger charge is -2.09. The van der Waals surface area contributed by atoms with Crippen LogP contribution in [0, 0.1) is 5.41 Å². The summed E-state index contributed by atoms with van der Waals surface area (Å²) in [4.78, 5) is 5.16. The number of nitrogens with zero attached hydrogens (tertiary/aromatic N) is 1. The summed E-state index contributed by atoms with van der Waals surface area (Å²) in [6, 6.07) is 7.56. The zero-order chi connectivity index (χ0) is 11.3. The third-order valence-electron chi connectivity index (χ3n) is 1.63. The molecule has 0 radical (unpaired) electrons. The highest BCUT2D eigenvalue weighted by molar-refractivity contribution is 6.30. The second kappa shape index (κ2) is 5.17. The van der Waals surface area contributed by atoms with E-state index >= 15 is 0 Å². The number of rotatable bonds is 3. The average Bonchev–Trinajstić information content (AvgIpc) is 2.11. The lowest BCUT2D eigenvalue weighted by Crippen LogP contribution is -2.06. The molecule has 0 aliphatic rings. The molecule has 0 N–H and O–H groups in total. The van der Waals surface area contributed by atoms with Crippen LogP contribution in [0.2, 0.25) is 5.02 Å². The highest BCUT2D eigenvalue weighted by Gasteiger charge is 2.05. The molecule has 3 heteroatoms. The molecule has 0 fully saturated rings. The quantitative estimate of drug-likeness (QED) is 0.565. The molecule has 1 aromatic rings. The maximum atomic E-state index is 5.84. The zero-order valence-corrected chi connectivity index (χ0v) is 10.1. The minimum atomic E-state index is 0.0499. The monoisotopic (exact) mass is 225 g/mol. The second-order valence-electron chi connectivity index (χ2n) is 4.50. The number of oxime groups is 1. The molecule has 0 amide bonds. The molecule has 82 valence electrons. The van der Waals surface area contributed by atoms with Crippen molar-refractivity contribution in [3.05, 3.63) is 34.9 Å². The van der Waals surface area contributed by atoms with E-state index in [1.807, 2.05) is 24.3 Å². The fraction of sp³-hybridized carbons (Fsp3) is 0.417. The van der Waals surface area contributed by atoms with E-state index < -0.39 is 0 Å². The summed E-state index contributed by atoms with van der Waals surface area (Å²) in [5.74, 6) is 0. The average molecular weight is 226 g/mol. The summed E-state index contributed by atoms with van der Waals surface area (Å²) in [6.45, 7) is 6.66. The molecule has 0 bridgehead atoms. The number of benzene rings is 1. The van der Waals surface area contributed by atoms with Crippen LogP contribution in [0.15, 0.2) is 29.4 Å². The molecule has 0 aromatic heterocycles. The first-order valence-corrected chi connectivity index (χ1v) is 5.26. The Hall–Kier alpha value is -1.02. The highest BCUT2D eigenvalue weighted by atomic mass is 35.5. The Morgan fingerprint density at radius 2 is 2.13 bits per heavy atom. The van der Waals surface area contributed by atoms with Gasteiger partial charge in [-0.25, -0.2) is 0 Å². The summed E-state index contributed by atoms with van der Waals surface area (Å²) >= 11 is 5.84. The van der Waals surface area contributed by atoms with Crippen LogP contribution in [0.5, 0.6) is 0 Å². The molecule has 1 rings (SSSR count). The van der Waals surface area contributed by atoms with Crippen molar-refractivity contribution in [2.45, 2.75) is 27.4 Å². The van der Waals surface area contributed by atoms with Gasteiger partial charge in [-0.05, 0) is 17.7 Å². The lowest BCUT2D eigenvalue weighted by atomic mass is 10.00. The van der Waals surface area contributed by atoms with Crippen molar-refractivity contribution in [3.63, 3.8) is 0 Å². The fourth-order valence-corrected chi connectivity index (χ4v) is 1.15. The molecule has 15 heavy (non-hydrogen) atoms. The smallest absolute Gasteiger partial charge is 0.142 e. The molecule has 0 heterocycles. The summed E-state index contributed by atoms with van der Waals surface area (Å²) in [5, 5.41) is 4.62. The molecule has 1 aromatic carbocycles.